The molecule has 0 heterocycles. The van der Waals surface area contributed by atoms with Crippen molar-refractivity contribution in [2.45, 2.75) is 33.6 Å². The molecule has 0 spiro atoms. The van der Waals surface area contributed by atoms with Gasteiger partial charge in [0.2, 0.25) is 0 Å². The summed E-state index contributed by atoms with van der Waals surface area (Å²) in [4.78, 5) is 0. The standard InChI is InChI=1S/C9H11BrO.C2H6/c1-6(2)8-5-7(11)3-4-9(8)10;1-2/h3-6,11H,1-2H3;1-2H3. The van der Waals surface area contributed by atoms with E-state index in [2.05, 4.69) is 29.8 Å². The highest BCUT2D eigenvalue weighted by atomic mass is 79.9. The van der Waals surface area contributed by atoms with Gasteiger partial charge in [0.25, 0.3) is 0 Å². The largest absolute Gasteiger partial charge is 0.508 e. The molecule has 0 aliphatic rings. The maximum absolute atomic E-state index is 9.17. The lowest BCUT2D eigenvalue weighted by molar-refractivity contribution is 0.474. The molecule has 2 heteroatoms. The van der Waals surface area contributed by atoms with Crippen molar-refractivity contribution in [3.8, 4) is 5.75 Å². The number of aromatic hydroxyl groups is 1. The van der Waals surface area contributed by atoms with Gasteiger partial charge in [-0.25, -0.2) is 0 Å². The van der Waals surface area contributed by atoms with Crippen LogP contribution in [0.3, 0.4) is 0 Å². The van der Waals surface area contributed by atoms with E-state index in [9.17, 15) is 0 Å². The Kier molecular flexibility index (Phi) is 5.80. The average molecular weight is 245 g/mol. The van der Waals surface area contributed by atoms with Crippen LogP contribution in [0.4, 0.5) is 0 Å². The molecule has 1 aromatic rings. The van der Waals surface area contributed by atoms with Gasteiger partial charge in [0.05, 0.1) is 0 Å². The van der Waals surface area contributed by atoms with Crippen LogP contribution in [0.25, 0.3) is 0 Å². The van der Waals surface area contributed by atoms with Gasteiger partial charge in [0.15, 0.2) is 0 Å². The lowest BCUT2D eigenvalue weighted by Gasteiger charge is -2.07. The Morgan fingerprint density at radius 2 is 1.77 bits per heavy atom. The van der Waals surface area contributed by atoms with Gasteiger partial charge in [-0.05, 0) is 29.7 Å². The first-order valence-electron chi connectivity index (χ1n) is 4.59. The molecule has 0 saturated carbocycles. The van der Waals surface area contributed by atoms with Gasteiger partial charge >= 0.3 is 0 Å². The molecule has 0 amide bonds. The second kappa shape index (κ2) is 6.03. The number of benzene rings is 1. The van der Waals surface area contributed by atoms with Crippen molar-refractivity contribution >= 4 is 15.9 Å². The van der Waals surface area contributed by atoms with E-state index in [1.165, 1.54) is 0 Å². The fourth-order valence-electron chi connectivity index (χ4n) is 0.974. The minimum atomic E-state index is 0.330. The fraction of sp³-hybridized carbons (Fsp3) is 0.455. The van der Waals surface area contributed by atoms with Crippen LogP contribution in [0, 0.1) is 0 Å². The number of hydrogen-bond donors (Lipinski definition) is 1. The van der Waals surface area contributed by atoms with Crippen LogP contribution in [0.5, 0.6) is 5.75 Å². The maximum atomic E-state index is 9.17. The summed E-state index contributed by atoms with van der Waals surface area (Å²) in [6.45, 7) is 8.19. The van der Waals surface area contributed by atoms with Crippen LogP contribution < -0.4 is 0 Å². The van der Waals surface area contributed by atoms with Crippen molar-refractivity contribution in [3.05, 3.63) is 28.2 Å². The number of rotatable bonds is 1. The Balaban J connectivity index is 0.000000671. The first-order chi connectivity index (χ1) is 6.11. The molecule has 74 valence electrons. The SMILES string of the molecule is CC.CC(C)c1cc(O)ccc1Br. The van der Waals surface area contributed by atoms with Crippen molar-refractivity contribution < 1.29 is 5.11 Å². The van der Waals surface area contributed by atoms with Gasteiger partial charge in [-0.3, -0.25) is 0 Å². The Morgan fingerprint density at radius 3 is 2.15 bits per heavy atom. The van der Waals surface area contributed by atoms with Crippen LogP contribution in [-0.2, 0) is 0 Å². The van der Waals surface area contributed by atoms with Gasteiger partial charge in [0, 0.05) is 4.47 Å². The average Bonchev–Trinajstić information content (AvgIpc) is 2.12. The predicted octanol–water partition coefficient (Wildman–Crippen LogP) is 4.30. The molecular weight excluding hydrogens is 228 g/mol. The molecule has 1 aromatic carbocycles. The lowest BCUT2D eigenvalue weighted by Crippen LogP contribution is -1.87. The van der Waals surface area contributed by atoms with E-state index < -0.39 is 0 Å². The minimum absolute atomic E-state index is 0.330. The lowest BCUT2D eigenvalue weighted by atomic mass is 10.0. The highest BCUT2D eigenvalue weighted by Gasteiger charge is 2.04. The molecule has 0 aliphatic heterocycles. The summed E-state index contributed by atoms with van der Waals surface area (Å²) in [5.41, 5.74) is 1.14. The summed E-state index contributed by atoms with van der Waals surface area (Å²) < 4.78 is 1.06. The molecule has 0 fully saturated rings. The Labute approximate surface area is 88.9 Å². The summed E-state index contributed by atoms with van der Waals surface area (Å²) >= 11 is 3.42. The molecule has 0 unspecified atom stereocenters. The topological polar surface area (TPSA) is 20.2 Å². The Bertz CT molecular complexity index is 256. The zero-order valence-corrected chi connectivity index (χ0v) is 10.2. The second-order valence-electron chi connectivity index (χ2n) is 2.86. The first-order valence-corrected chi connectivity index (χ1v) is 5.39. The van der Waals surface area contributed by atoms with Crippen molar-refractivity contribution in [3.63, 3.8) is 0 Å². The normalized spacial score (nSPS) is 9.38. The van der Waals surface area contributed by atoms with Crippen LogP contribution in [0.1, 0.15) is 39.2 Å². The van der Waals surface area contributed by atoms with E-state index in [-0.39, 0.29) is 0 Å². The predicted molar refractivity (Wildman–Crippen MR) is 61.2 cm³/mol. The number of halogens is 1. The van der Waals surface area contributed by atoms with E-state index in [4.69, 9.17) is 5.11 Å². The van der Waals surface area contributed by atoms with Gasteiger partial charge in [0.1, 0.15) is 5.75 Å². The monoisotopic (exact) mass is 244 g/mol. The highest BCUT2D eigenvalue weighted by Crippen LogP contribution is 2.27. The summed E-state index contributed by atoms with van der Waals surface area (Å²) in [5, 5.41) is 9.17. The van der Waals surface area contributed by atoms with Crippen molar-refractivity contribution in [2.75, 3.05) is 0 Å². The molecule has 0 saturated heterocycles. The smallest absolute Gasteiger partial charge is 0.115 e. The molecule has 1 nitrogen and oxygen atoms in total. The van der Waals surface area contributed by atoms with Gasteiger partial charge in [-0.15, -0.1) is 0 Å². The van der Waals surface area contributed by atoms with Crippen molar-refractivity contribution in [1.29, 1.82) is 0 Å². The van der Waals surface area contributed by atoms with E-state index >= 15 is 0 Å². The molecule has 0 radical (unpaired) electrons. The number of phenolic OH excluding ortho intramolecular Hbond substituents is 1. The molecular formula is C11H17BrO. The summed E-state index contributed by atoms with van der Waals surface area (Å²) in [5.74, 6) is 0.772. The zero-order valence-electron chi connectivity index (χ0n) is 8.63. The van der Waals surface area contributed by atoms with Crippen LogP contribution in [0.2, 0.25) is 0 Å². The van der Waals surface area contributed by atoms with Crippen molar-refractivity contribution in [2.24, 2.45) is 0 Å². The van der Waals surface area contributed by atoms with Crippen LogP contribution in [0.15, 0.2) is 22.7 Å². The molecule has 13 heavy (non-hydrogen) atoms. The molecule has 0 aliphatic carbocycles. The number of phenols is 1. The Morgan fingerprint density at radius 1 is 1.23 bits per heavy atom. The van der Waals surface area contributed by atoms with E-state index in [0.717, 1.165) is 10.0 Å². The fourth-order valence-corrected chi connectivity index (χ4v) is 1.68. The first kappa shape index (κ1) is 12.5. The minimum Gasteiger partial charge on any atom is -0.508 e. The van der Waals surface area contributed by atoms with E-state index in [1.54, 1.807) is 12.1 Å². The third-order valence-electron chi connectivity index (χ3n) is 1.60. The highest BCUT2D eigenvalue weighted by molar-refractivity contribution is 9.10. The van der Waals surface area contributed by atoms with Crippen LogP contribution in [-0.4, -0.2) is 5.11 Å². The van der Waals surface area contributed by atoms with E-state index in [0.29, 0.717) is 11.7 Å². The quantitative estimate of drug-likeness (QED) is 0.781. The molecule has 0 aromatic heterocycles. The zero-order chi connectivity index (χ0) is 10.4. The number of hydrogen-bond acceptors (Lipinski definition) is 1. The van der Waals surface area contributed by atoms with Gasteiger partial charge < -0.3 is 5.11 Å². The summed E-state index contributed by atoms with van der Waals surface area (Å²) in [6.07, 6.45) is 0. The molecule has 0 bridgehead atoms. The third kappa shape index (κ3) is 3.81. The van der Waals surface area contributed by atoms with E-state index in [1.807, 2.05) is 19.9 Å². The molecule has 0 atom stereocenters. The molecule has 1 N–H and O–H groups in total. The Hall–Kier alpha value is -0.500. The van der Waals surface area contributed by atoms with Crippen LogP contribution >= 0.6 is 15.9 Å². The van der Waals surface area contributed by atoms with Crippen molar-refractivity contribution in [1.82, 2.24) is 0 Å². The van der Waals surface area contributed by atoms with Gasteiger partial charge in [-0.1, -0.05) is 43.6 Å². The second-order valence-corrected chi connectivity index (χ2v) is 3.71. The third-order valence-corrected chi connectivity index (χ3v) is 2.32. The summed E-state index contributed by atoms with van der Waals surface area (Å²) in [6, 6.07) is 5.33. The summed E-state index contributed by atoms with van der Waals surface area (Å²) in [7, 11) is 0. The van der Waals surface area contributed by atoms with Gasteiger partial charge in [-0.2, -0.15) is 0 Å². The molecule has 1 rings (SSSR count). The maximum Gasteiger partial charge on any atom is 0.115 e.